The normalized spacial score (nSPS) is 12.7. The van der Waals surface area contributed by atoms with Gasteiger partial charge in [0.25, 0.3) is 5.91 Å². The highest BCUT2D eigenvalue weighted by Gasteiger charge is 2.16. The van der Waals surface area contributed by atoms with Gasteiger partial charge in [-0.1, -0.05) is 23.8 Å². The Morgan fingerprint density at radius 1 is 1.08 bits per heavy atom. The number of hydrogen-bond donors (Lipinski definition) is 1. The van der Waals surface area contributed by atoms with Crippen LogP contribution in [-0.4, -0.2) is 24.1 Å². The Balaban J connectivity index is 1.53. The molecule has 0 aliphatic carbocycles. The summed E-state index contributed by atoms with van der Waals surface area (Å²) in [5.74, 6) is 1.04. The summed E-state index contributed by atoms with van der Waals surface area (Å²) in [5.41, 5.74) is 4.84. The first-order valence-electron chi connectivity index (χ1n) is 8.34. The number of rotatable bonds is 3. The summed E-state index contributed by atoms with van der Waals surface area (Å²) < 4.78 is 11.0. The third kappa shape index (κ3) is 3.28. The average molecular weight is 366 g/mol. The van der Waals surface area contributed by atoms with Crippen LogP contribution >= 0.6 is 11.3 Å². The van der Waals surface area contributed by atoms with Gasteiger partial charge in [-0.05, 0) is 37.6 Å². The summed E-state index contributed by atoms with van der Waals surface area (Å²) in [4.78, 5) is 17.1. The number of nitrogens with zero attached hydrogens (tertiary/aromatic N) is 1. The molecule has 0 saturated heterocycles. The number of carbonyl (C=O) groups is 1. The fourth-order valence-electron chi connectivity index (χ4n) is 2.91. The Hall–Kier alpha value is -2.86. The van der Waals surface area contributed by atoms with Gasteiger partial charge in [-0.2, -0.15) is 0 Å². The molecule has 0 radical (unpaired) electrons. The van der Waals surface area contributed by atoms with Crippen LogP contribution in [0.2, 0.25) is 0 Å². The van der Waals surface area contributed by atoms with Gasteiger partial charge in [0, 0.05) is 16.5 Å². The Labute approximate surface area is 155 Å². The molecule has 2 heterocycles. The zero-order valence-electron chi connectivity index (χ0n) is 14.5. The Kier molecular flexibility index (Phi) is 4.34. The van der Waals surface area contributed by atoms with E-state index in [-0.39, 0.29) is 5.91 Å². The van der Waals surface area contributed by atoms with Crippen molar-refractivity contribution in [2.24, 2.45) is 0 Å². The molecule has 1 N–H and O–H groups in total. The van der Waals surface area contributed by atoms with E-state index in [2.05, 4.69) is 42.3 Å². The quantitative estimate of drug-likeness (QED) is 0.744. The number of fused-ring (bicyclic) bond motifs is 1. The van der Waals surface area contributed by atoms with E-state index in [9.17, 15) is 4.79 Å². The molecule has 4 rings (SSSR count). The van der Waals surface area contributed by atoms with Crippen LogP contribution in [0.1, 0.15) is 21.5 Å². The number of hydrogen-bond acceptors (Lipinski definition) is 5. The largest absolute Gasteiger partial charge is 0.486 e. The molecule has 0 fully saturated rings. The number of thiazole rings is 1. The van der Waals surface area contributed by atoms with E-state index in [0.717, 1.165) is 11.3 Å². The molecule has 0 saturated carbocycles. The minimum atomic E-state index is -0.219. The van der Waals surface area contributed by atoms with Crippen LogP contribution in [0.15, 0.2) is 41.8 Å². The van der Waals surface area contributed by atoms with Crippen LogP contribution in [0, 0.1) is 13.8 Å². The number of benzene rings is 2. The minimum Gasteiger partial charge on any atom is -0.486 e. The van der Waals surface area contributed by atoms with Crippen LogP contribution in [0.4, 0.5) is 5.13 Å². The zero-order chi connectivity index (χ0) is 18.1. The van der Waals surface area contributed by atoms with Crippen molar-refractivity contribution >= 4 is 22.4 Å². The van der Waals surface area contributed by atoms with Gasteiger partial charge < -0.3 is 9.47 Å². The predicted octanol–water partition coefficient (Wildman–Crippen LogP) is 4.45. The van der Waals surface area contributed by atoms with E-state index >= 15 is 0 Å². The van der Waals surface area contributed by atoms with Gasteiger partial charge in [-0.15, -0.1) is 11.3 Å². The molecule has 0 unspecified atom stereocenters. The Morgan fingerprint density at radius 2 is 1.88 bits per heavy atom. The lowest BCUT2D eigenvalue weighted by Crippen LogP contribution is -2.17. The van der Waals surface area contributed by atoms with Crippen molar-refractivity contribution in [1.82, 2.24) is 4.98 Å². The topological polar surface area (TPSA) is 60.5 Å². The molecule has 0 atom stereocenters. The summed E-state index contributed by atoms with van der Waals surface area (Å²) in [6.45, 7) is 5.15. The van der Waals surface area contributed by atoms with Gasteiger partial charge in [-0.25, -0.2) is 4.98 Å². The van der Waals surface area contributed by atoms with Gasteiger partial charge in [0.05, 0.1) is 5.69 Å². The van der Waals surface area contributed by atoms with E-state index in [0.29, 0.717) is 35.4 Å². The Morgan fingerprint density at radius 3 is 2.69 bits per heavy atom. The maximum Gasteiger partial charge on any atom is 0.257 e. The second-order valence-corrected chi connectivity index (χ2v) is 7.03. The third-order valence-electron chi connectivity index (χ3n) is 4.19. The van der Waals surface area contributed by atoms with Gasteiger partial charge >= 0.3 is 0 Å². The number of aryl methyl sites for hydroxylation is 2. The minimum absolute atomic E-state index is 0.219. The van der Waals surface area contributed by atoms with Crippen LogP contribution in [-0.2, 0) is 0 Å². The van der Waals surface area contributed by atoms with Crippen molar-refractivity contribution in [2.75, 3.05) is 18.5 Å². The zero-order valence-corrected chi connectivity index (χ0v) is 15.4. The van der Waals surface area contributed by atoms with Gasteiger partial charge in [0.2, 0.25) is 0 Å². The molecule has 1 aliphatic heterocycles. The molecular weight excluding hydrogens is 348 g/mol. The molecule has 26 heavy (non-hydrogen) atoms. The monoisotopic (exact) mass is 366 g/mol. The number of amides is 1. The predicted molar refractivity (Wildman–Crippen MR) is 102 cm³/mol. The molecule has 1 amide bonds. The van der Waals surface area contributed by atoms with Gasteiger partial charge in [-0.3, -0.25) is 10.1 Å². The van der Waals surface area contributed by atoms with Crippen LogP contribution in [0.25, 0.3) is 11.3 Å². The summed E-state index contributed by atoms with van der Waals surface area (Å²) in [7, 11) is 0. The van der Waals surface area contributed by atoms with Gasteiger partial charge in [0.15, 0.2) is 16.6 Å². The molecule has 5 nitrogen and oxygen atoms in total. The molecule has 3 aromatic rings. The maximum absolute atomic E-state index is 12.5. The summed E-state index contributed by atoms with van der Waals surface area (Å²) in [5, 5.41) is 5.38. The van der Waals surface area contributed by atoms with Crippen LogP contribution in [0.5, 0.6) is 11.5 Å². The SMILES string of the molecule is Cc1ccc(-c2csc(NC(=O)c3ccc4c(c3)OCCO4)n2)c(C)c1. The fraction of sp³-hybridized carbons (Fsp3) is 0.200. The first-order valence-corrected chi connectivity index (χ1v) is 9.22. The number of ether oxygens (including phenoxy) is 2. The number of aromatic nitrogens is 1. The van der Waals surface area contributed by atoms with E-state index in [1.807, 2.05) is 5.38 Å². The van der Waals surface area contributed by atoms with E-state index in [1.165, 1.54) is 22.5 Å². The van der Waals surface area contributed by atoms with Crippen molar-refractivity contribution in [3.05, 3.63) is 58.5 Å². The van der Waals surface area contributed by atoms with E-state index < -0.39 is 0 Å². The smallest absolute Gasteiger partial charge is 0.257 e. The van der Waals surface area contributed by atoms with Crippen molar-refractivity contribution in [3.63, 3.8) is 0 Å². The number of anilines is 1. The second kappa shape index (κ2) is 6.80. The standard InChI is InChI=1S/C20H18N2O3S/c1-12-3-5-15(13(2)9-12)16-11-26-20(21-16)22-19(23)14-4-6-17-18(10-14)25-8-7-24-17/h3-6,9-11H,7-8H2,1-2H3,(H,21,22,23). The number of carbonyl (C=O) groups excluding carboxylic acids is 1. The third-order valence-corrected chi connectivity index (χ3v) is 4.94. The lowest BCUT2D eigenvalue weighted by molar-refractivity contribution is 0.102. The van der Waals surface area contributed by atoms with Crippen molar-refractivity contribution < 1.29 is 14.3 Å². The molecule has 132 valence electrons. The highest BCUT2D eigenvalue weighted by Crippen LogP contribution is 2.32. The highest BCUT2D eigenvalue weighted by atomic mass is 32.1. The molecule has 1 aromatic heterocycles. The van der Waals surface area contributed by atoms with Crippen molar-refractivity contribution in [3.8, 4) is 22.8 Å². The second-order valence-electron chi connectivity index (χ2n) is 6.17. The molecular formula is C20H18N2O3S. The first kappa shape index (κ1) is 16.6. The number of nitrogens with one attached hydrogen (secondary N) is 1. The van der Waals surface area contributed by atoms with Gasteiger partial charge in [0.1, 0.15) is 13.2 Å². The summed E-state index contributed by atoms with van der Waals surface area (Å²) in [6.07, 6.45) is 0. The lowest BCUT2D eigenvalue weighted by atomic mass is 10.0. The van der Waals surface area contributed by atoms with E-state index in [1.54, 1.807) is 18.2 Å². The highest BCUT2D eigenvalue weighted by molar-refractivity contribution is 7.14. The lowest BCUT2D eigenvalue weighted by Gasteiger charge is -2.18. The van der Waals surface area contributed by atoms with Crippen LogP contribution in [0.3, 0.4) is 0 Å². The molecule has 1 aliphatic rings. The molecule has 0 bridgehead atoms. The molecule has 6 heteroatoms. The summed E-state index contributed by atoms with van der Waals surface area (Å²) in [6, 6.07) is 11.4. The maximum atomic E-state index is 12.5. The molecule has 0 spiro atoms. The fourth-order valence-corrected chi connectivity index (χ4v) is 3.62. The summed E-state index contributed by atoms with van der Waals surface area (Å²) >= 11 is 1.41. The van der Waals surface area contributed by atoms with Crippen molar-refractivity contribution in [2.45, 2.75) is 13.8 Å². The average Bonchev–Trinajstić information content (AvgIpc) is 3.09. The van der Waals surface area contributed by atoms with Crippen LogP contribution < -0.4 is 14.8 Å². The molecule has 2 aromatic carbocycles. The van der Waals surface area contributed by atoms with E-state index in [4.69, 9.17) is 9.47 Å². The van der Waals surface area contributed by atoms with Crippen molar-refractivity contribution in [1.29, 1.82) is 0 Å². The Bertz CT molecular complexity index is 981. The first-order chi connectivity index (χ1) is 12.6.